The Morgan fingerprint density at radius 3 is 2.11 bits per heavy atom. The zero-order valence-electron chi connectivity index (χ0n) is 21.4. The van der Waals surface area contributed by atoms with E-state index in [0.29, 0.717) is 17.0 Å². The molecular formula is C30H33N3O2. The van der Waals surface area contributed by atoms with E-state index in [1.165, 1.54) is 4.90 Å². The second-order valence-corrected chi connectivity index (χ2v) is 9.08. The van der Waals surface area contributed by atoms with E-state index in [2.05, 4.69) is 24.1 Å². The number of nitrogens with one attached hydrogen (secondary N) is 1. The third-order valence-corrected chi connectivity index (χ3v) is 6.82. The van der Waals surface area contributed by atoms with Crippen LogP contribution in [-0.4, -0.2) is 24.9 Å². The lowest BCUT2D eigenvalue weighted by molar-refractivity contribution is -0.120. The third-order valence-electron chi connectivity index (χ3n) is 6.82. The van der Waals surface area contributed by atoms with Gasteiger partial charge in [-0.3, -0.25) is 9.59 Å². The first-order chi connectivity index (χ1) is 16.8. The van der Waals surface area contributed by atoms with E-state index in [1.54, 1.807) is 0 Å². The average Bonchev–Trinajstić information content (AvgIpc) is 3.07. The van der Waals surface area contributed by atoms with Crippen molar-refractivity contribution < 1.29 is 9.59 Å². The highest BCUT2D eigenvalue weighted by Crippen LogP contribution is 2.37. The number of benzene rings is 3. The third kappa shape index (κ3) is 4.46. The summed E-state index contributed by atoms with van der Waals surface area (Å²) >= 11 is 0. The number of carbonyl (C=O) groups is 2. The summed E-state index contributed by atoms with van der Waals surface area (Å²) in [5, 5.41) is 3.30. The summed E-state index contributed by atoms with van der Waals surface area (Å²) in [4.78, 5) is 31.2. The smallest absolute Gasteiger partial charge is 0.282 e. The molecular weight excluding hydrogens is 434 g/mol. The van der Waals surface area contributed by atoms with E-state index in [-0.39, 0.29) is 11.8 Å². The SMILES string of the molecule is CCN(CC)c1ccc(NC2=C(c3ccc(C)cc3C)C(=O)N(c3cccc(C)c3C)C2=O)cc1. The lowest BCUT2D eigenvalue weighted by atomic mass is 9.97. The van der Waals surface area contributed by atoms with Gasteiger partial charge in [0.25, 0.3) is 11.8 Å². The van der Waals surface area contributed by atoms with Crippen LogP contribution < -0.4 is 15.1 Å². The van der Waals surface area contributed by atoms with Gasteiger partial charge in [-0.05, 0) is 94.1 Å². The maximum Gasteiger partial charge on any atom is 0.282 e. The average molecular weight is 468 g/mol. The zero-order valence-corrected chi connectivity index (χ0v) is 21.4. The fourth-order valence-electron chi connectivity index (χ4n) is 4.67. The molecule has 3 aromatic rings. The number of amides is 2. The molecule has 1 N–H and O–H groups in total. The van der Waals surface area contributed by atoms with Crippen LogP contribution in [0.5, 0.6) is 0 Å². The molecule has 0 spiro atoms. The van der Waals surface area contributed by atoms with Gasteiger partial charge in [-0.25, -0.2) is 4.90 Å². The van der Waals surface area contributed by atoms with Gasteiger partial charge in [0.15, 0.2) is 0 Å². The first kappa shape index (κ1) is 24.3. The van der Waals surface area contributed by atoms with Crippen LogP contribution in [0, 0.1) is 27.7 Å². The van der Waals surface area contributed by atoms with Gasteiger partial charge in [0, 0.05) is 24.5 Å². The standard InChI is InChI=1S/C30H33N3O2/c1-7-32(8-2)24-15-13-23(14-16-24)31-28-27(25-17-12-19(3)18-21(25)5)29(34)33(30(28)35)26-11-9-10-20(4)22(26)6/h9-18,31H,7-8H2,1-6H3. The summed E-state index contributed by atoms with van der Waals surface area (Å²) in [6.45, 7) is 14.0. The second-order valence-electron chi connectivity index (χ2n) is 9.08. The number of nitrogens with zero attached hydrogens (tertiary/aromatic N) is 2. The molecule has 0 saturated carbocycles. The first-order valence-electron chi connectivity index (χ1n) is 12.2. The molecule has 0 unspecified atom stereocenters. The Labute approximate surface area is 208 Å². The number of rotatable bonds is 7. The molecule has 1 aliphatic heterocycles. The van der Waals surface area contributed by atoms with Gasteiger partial charge in [-0.1, -0.05) is 35.9 Å². The number of carbonyl (C=O) groups excluding carboxylic acids is 2. The number of aryl methyl sites for hydroxylation is 3. The largest absolute Gasteiger partial charge is 0.372 e. The fraction of sp³-hybridized carbons (Fsp3) is 0.267. The number of hydrogen-bond acceptors (Lipinski definition) is 4. The zero-order chi connectivity index (χ0) is 25.3. The molecule has 3 aromatic carbocycles. The molecule has 2 amide bonds. The monoisotopic (exact) mass is 467 g/mol. The number of anilines is 3. The first-order valence-corrected chi connectivity index (χ1v) is 12.2. The van der Waals surface area contributed by atoms with E-state index < -0.39 is 0 Å². The normalized spacial score (nSPS) is 13.6. The highest BCUT2D eigenvalue weighted by molar-refractivity contribution is 6.46. The number of hydrogen-bond donors (Lipinski definition) is 1. The Morgan fingerprint density at radius 2 is 1.49 bits per heavy atom. The fourth-order valence-corrected chi connectivity index (χ4v) is 4.67. The maximum atomic E-state index is 13.8. The van der Waals surface area contributed by atoms with Crippen molar-refractivity contribution in [2.24, 2.45) is 0 Å². The summed E-state index contributed by atoms with van der Waals surface area (Å²) in [6, 6.07) is 19.6. The molecule has 0 atom stereocenters. The molecule has 0 aromatic heterocycles. The van der Waals surface area contributed by atoms with Gasteiger partial charge in [-0.2, -0.15) is 0 Å². The summed E-state index contributed by atoms with van der Waals surface area (Å²) in [6.07, 6.45) is 0. The summed E-state index contributed by atoms with van der Waals surface area (Å²) in [5.41, 5.74) is 8.00. The molecule has 0 saturated heterocycles. The van der Waals surface area contributed by atoms with Crippen molar-refractivity contribution in [1.82, 2.24) is 0 Å². The molecule has 35 heavy (non-hydrogen) atoms. The minimum Gasteiger partial charge on any atom is -0.372 e. The van der Waals surface area contributed by atoms with Crippen molar-refractivity contribution in [3.05, 3.63) is 94.2 Å². The quantitative estimate of drug-likeness (QED) is 0.423. The van der Waals surface area contributed by atoms with E-state index in [9.17, 15) is 9.59 Å². The van der Waals surface area contributed by atoms with E-state index in [0.717, 1.165) is 52.3 Å². The Balaban J connectivity index is 1.81. The van der Waals surface area contributed by atoms with Crippen molar-refractivity contribution in [1.29, 1.82) is 0 Å². The molecule has 1 aliphatic rings. The molecule has 1 heterocycles. The number of imide groups is 1. The highest BCUT2D eigenvalue weighted by atomic mass is 16.2. The van der Waals surface area contributed by atoms with Crippen LogP contribution in [0.25, 0.3) is 5.57 Å². The second kappa shape index (κ2) is 9.79. The van der Waals surface area contributed by atoms with Crippen molar-refractivity contribution in [2.45, 2.75) is 41.5 Å². The molecule has 5 nitrogen and oxygen atoms in total. The predicted octanol–water partition coefficient (Wildman–Crippen LogP) is 6.16. The van der Waals surface area contributed by atoms with Crippen molar-refractivity contribution >= 4 is 34.4 Å². The summed E-state index contributed by atoms with van der Waals surface area (Å²) in [7, 11) is 0. The van der Waals surface area contributed by atoms with Crippen LogP contribution in [0.4, 0.5) is 17.1 Å². The predicted molar refractivity (Wildman–Crippen MR) is 145 cm³/mol. The summed E-state index contributed by atoms with van der Waals surface area (Å²) in [5.74, 6) is -0.649. The van der Waals surface area contributed by atoms with Crippen LogP contribution >= 0.6 is 0 Å². The molecule has 0 bridgehead atoms. The van der Waals surface area contributed by atoms with Crippen LogP contribution in [0.1, 0.15) is 41.7 Å². The molecule has 4 rings (SSSR count). The molecule has 0 radical (unpaired) electrons. The van der Waals surface area contributed by atoms with Crippen LogP contribution in [-0.2, 0) is 9.59 Å². The van der Waals surface area contributed by atoms with Gasteiger partial charge in [0.1, 0.15) is 5.70 Å². The van der Waals surface area contributed by atoms with Crippen LogP contribution in [0.3, 0.4) is 0 Å². The Morgan fingerprint density at radius 1 is 0.800 bits per heavy atom. The van der Waals surface area contributed by atoms with Crippen molar-refractivity contribution in [3.63, 3.8) is 0 Å². The van der Waals surface area contributed by atoms with Crippen molar-refractivity contribution in [3.8, 4) is 0 Å². The molecule has 0 aliphatic carbocycles. The summed E-state index contributed by atoms with van der Waals surface area (Å²) < 4.78 is 0. The van der Waals surface area contributed by atoms with Gasteiger partial charge in [0.2, 0.25) is 0 Å². The van der Waals surface area contributed by atoms with Crippen molar-refractivity contribution in [2.75, 3.05) is 28.2 Å². The Bertz CT molecular complexity index is 1320. The van der Waals surface area contributed by atoms with Gasteiger partial charge < -0.3 is 10.2 Å². The maximum absolute atomic E-state index is 13.8. The van der Waals surface area contributed by atoms with Gasteiger partial charge in [0.05, 0.1) is 11.3 Å². The van der Waals surface area contributed by atoms with Gasteiger partial charge >= 0.3 is 0 Å². The Kier molecular flexibility index (Phi) is 6.79. The van der Waals surface area contributed by atoms with E-state index in [4.69, 9.17) is 0 Å². The molecule has 180 valence electrons. The highest BCUT2D eigenvalue weighted by Gasteiger charge is 2.41. The molecule has 0 fully saturated rings. The van der Waals surface area contributed by atoms with E-state index in [1.807, 2.05) is 88.4 Å². The van der Waals surface area contributed by atoms with Crippen LogP contribution in [0.2, 0.25) is 0 Å². The minimum atomic E-state index is -0.341. The topological polar surface area (TPSA) is 52.7 Å². The van der Waals surface area contributed by atoms with Gasteiger partial charge in [-0.15, -0.1) is 0 Å². The van der Waals surface area contributed by atoms with E-state index >= 15 is 0 Å². The molecule has 5 heteroatoms. The minimum absolute atomic E-state index is 0.304. The Hall–Kier alpha value is -3.86. The lowest BCUT2D eigenvalue weighted by Gasteiger charge is -2.21. The van der Waals surface area contributed by atoms with Crippen LogP contribution in [0.15, 0.2) is 66.4 Å². The lowest BCUT2D eigenvalue weighted by Crippen LogP contribution is -2.33.